The lowest BCUT2D eigenvalue weighted by atomic mass is 9.82. The van der Waals surface area contributed by atoms with Gasteiger partial charge in [-0.25, -0.2) is 4.98 Å². The second kappa shape index (κ2) is 9.79. The third kappa shape index (κ3) is 5.27. The molecule has 3 heterocycles. The van der Waals surface area contributed by atoms with Crippen molar-refractivity contribution >= 4 is 41.7 Å². The van der Waals surface area contributed by atoms with Crippen LogP contribution in [0.5, 0.6) is 0 Å². The van der Waals surface area contributed by atoms with Gasteiger partial charge in [-0.15, -0.1) is 13.2 Å². The number of carbonyl (C=O) groups is 2. The van der Waals surface area contributed by atoms with E-state index in [1.54, 1.807) is 0 Å². The molecule has 1 aliphatic carbocycles. The number of carbonyl (C=O) groups excluding carboxylic acids is 2. The molecule has 37 heavy (non-hydrogen) atoms. The average molecular weight is 517 g/mol. The number of nitrogens with one attached hydrogen (secondary N) is 3. The van der Waals surface area contributed by atoms with Gasteiger partial charge in [0, 0.05) is 29.3 Å². The highest BCUT2D eigenvalue weighted by Crippen LogP contribution is 2.74. The molecule has 1 aromatic heterocycles. The number of aromatic nitrogens is 2. The molecule has 6 nitrogen and oxygen atoms in total. The topological polar surface area (TPSA) is 86.9 Å². The Bertz CT molecular complexity index is 1370. The summed E-state index contributed by atoms with van der Waals surface area (Å²) in [4.78, 5) is 33.4. The Balaban J connectivity index is 1.05. The first-order chi connectivity index (χ1) is 17.9. The summed E-state index contributed by atoms with van der Waals surface area (Å²) >= 11 is 0. The van der Waals surface area contributed by atoms with Crippen molar-refractivity contribution in [3.8, 4) is 11.4 Å². The van der Waals surface area contributed by atoms with Crippen LogP contribution < -0.4 is 10.6 Å². The third-order valence-corrected chi connectivity index (χ3v) is 12.7. The predicted molar refractivity (Wildman–Crippen MR) is 154 cm³/mol. The molecule has 3 N–H and O–H groups in total. The zero-order chi connectivity index (χ0) is 25.6. The predicted octanol–water partition coefficient (Wildman–Crippen LogP) is 5.97. The summed E-state index contributed by atoms with van der Waals surface area (Å²) in [5, 5.41) is 6.19. The van der Waals surface area contributed by atoms with E-state index < -0.39 is 6.89 Å². The molecule has 194 valence electrons. The number of fused-ring (bicyclic) bond motifs is 2. The van der Waals surface area contributed by atoms with Gasteiger partial charge >= 0.3 is 0 Å². The monoisotopic (exact) mass is 516 g/mol. The maximum atomic E-state index is 12.7. The molecule has 2 aliphatic heterocycles. The summed E-state index contributed by atoms with van der Waals surface area (Å²) in [5.41, 5.74) is 5.04. The molecule has 0 bridgehead atoms. The highest BCUT2D eigenvalue weighted by molar-refractivity contribution is 7.81. The number of nitrogens with zero attached hydrogens (tertiary/aromatic N) is 1. The van der Waals surface area contributed by atoms with Crippen LogP contribution in [-0.2, 0) is 4.79 Å². The maximum absolute atomic E-state index is 12.7. The Morgan fingerprint density at radius 2 is 1.86 bits per heavy atom. The van der Waals surface area contributed by atoms with E-state index in [0.29, 0.717) is 5.56 Å². The average Bonchev–Trinajstić information content (AvgIpc) is 3.20. The maximum Gasteiger partial charge on any atom is 0.251 e. The summed E-state index contributed by atoms with van der Waals surface area (Å²) in [7, 11) is 0. The van der Waals surface area contributed by atoms with Crippen LogP contribution in [0.25, 0.3) is 22.4 Å². The summed E-state index contributed by atoms with van der Waals surface area (Å²) in [6.07, 6.45) is 13.8. The molecule has 2 amide bonds. The van der Waals surface area contributed by atoms with Crippen molar-refractivity contribution < 1.29 is 9.59 Å². The molecule has 0 spiro atoms. The Hall–Kier alpha value is -2.85. The third-order valence-electron chi connectivity index (χ3n) is 8.84. The lowest BCUT2D eigenvalue weighted by Crippen LogP contribution is -2.26. The first-order valence-corrected chi connectivity index (χ1v) is 16.2. The lowest BCUT2D eigenvalue weighted by molar-refractivity contribution is -0.121. The number of aromatic amines is 1. The molecule has 3 unspecified atom stereocenters. The summed E-state index contributed by atoms with van der Waals surface area (Å²) in [6.45, 7) is 2.24. The fourth-order valence-corrected chi connectivity index (χ4v) is 10.5. The van der Waals surface area contributed by atoms with Crippen LogP contribution in [-0.4, -0.2) is 52.6 Å². The van der Waals surface area contributed by atoms with Gasteiger partial charge in [-0.05, 0) is 98.7 Å². The van der Waals surface area contributed by atoms with Crippen LogP contribution in [0, 0.1) is 17.8 Å². The van der Waals surface area contributed by atoms with Gasteiger partial charge in [-0.2, -0.15) is 0 Å². The van der Waals surface area contributed by atoms with Crippen molar-refractivity contribution in [1.29, 1.82) is 0 Å². The van der Waals surface area contributed by atoms with Crippen molar-refractivity contribution in [1.82, 2.24) is 15.3 Å². The Kier molecular flexibility index (Phi) is 6.48. The largest absolute Gasteiger partial charge is 0.352 e. The minimum Gasteiger partial charge on any atom is -0.352 e. The fraction of sp³-hybridized carbons (Fsp3) is 0.467. The number of imidazole rings is 1. The highest BCUT2D eigenvalue weighted by atomic mass is 31.2. The number of benzene rings is 2. The van der Waals surface area contributed by atoms with E-state index in [0.717, 1.165) is 84.3 Å². The quantitative estimate of drug-likeness (QED) is 0.338. The van der Waals surface area contributed by atoms with Crippen molar-refractivity contribution in [2.24, 2.45) is 17.8 Å². The Morgan fingerprint density at radius 3 is 2.59 bits per heavy atom. The van der Waals surface area contributed by atoms with Gasteiger partial charge in [0.1, 0.15) is 5.82 Å². The smallest absolute Gasteiger partial charge is 0.251 e. The fourth-order valence-electron chi connectivity index (χ4n) is 6.34. The van der Waals surface area contributed by atoms with Gasteiger partial charge in [0.05, 0.1) is 11.0 Å². The highest BCUT2D eigenvalue weighted by Gasteiger charge is 2.49. The molecular formula is C30H37N4O2P. The summed E-state index contributed by atoms with van der Waals surface area (Å²) < 4.78 is 0. The number of anilines is 1. The number of rotatable bonds is 7. The van der Waals surface area contributed by atoms with Crippen LogP contribution in [0.4, 0.5) is 5.69 Å². The second-order valence-electron chi connectivity index (χ2n) is 11.7. The van der Waals surface area contributed by atoms with Crippen LogP contribution in [0.15, 0.2) is 42.5 Å². The van der Waals surface area contributed by atoms with Crippen molar-refractivity contribution in [3.05, 3.63) is 48.0 Å². The van der Waals surface area contributed by atoms with E-state index in [9.17, 15) is 9.59 Å². The summed E-state index contributed by atoms with van der Waals surface area (Å²) in [6, 6.07) is 13.4. The minimum absolute atomic E-state index is 0.0220. The van der Waals surface area contributed by atoms with Gasteiger partial charge in [-0.3, -0.25) is 9.59 Å². The van der Waals surface area contributed by atoms with Gasteiger partial charge < -0.3 is 15.6 Å². The molecule has 3 fully saturated rings. The molecule has 0 radical (unpaired) electrons. The Morgan fingerprint density at radius 1 is 1.08 bits per heavy atom. The normalized spacial score (nSPS) is 28.6. The SMILES string of the molecule is C=P12CC(CCNC(=O)c3ccc(-c4nc5ccc(NC(=O)C6CCC(C)CC6)cc5[nH]4)cc3)CC1C2. The number of hydrogen-bond acceptors (Lipinski definition) is 3. The van der Waals surface area contributed by atoms with Gasteiger partial charge in [0.2, 0.25) is 5.91 Å². The van der Waals surface area contributed by atoms with Gasteiger partial charge in [0.25, 0.3) is 5.91 Å². The molecule has 3 aliphatic rings. The number of hydrogen-bond donors (Lipinski definition) is 3. The zero-order valence-electron chi connectivity index (χ0n) is 21.6. The Labute approximate surface area is 219 Å². The number of H-pyrrole nitrogens is 1. The molecule has 3 atom stereocenters. The first kappa shape index (κ1) is 24.5. The van der Waals surface area contributed by atoms with E-state index in [2.05, 4.69) is 28.8 Å². The lowest BCUT2D eigenvalue weighted by Gasteiger charge is -2.25. The van der Waals surface area contributed by atoms with E-state index >= 15 is 0 Å². The first-order valence-electron chi connectivity index (χ1n) is 13.8. The standard InChI is InChI=1S/C30H37N4O2P/c1-19-3-5-23(6-4-19)30(36)32-24-11-12-26-27(16-24)34-28(33-26)21-7-9-22(10-8-21)29(35)31-14-13-20-15-25-18-37(25,2)17-20/h7-12,16,19-20,23,25H,2-6,13-15,17-18H2,1H3,(H,31,35)(H,32,36)(H,33,34). The van der Waals surface area contributed by atoms with Crippen molar-refractivity contribution in [2.75, 3.05) is 24.2 Å². The number of amides is 2. The molecule has 7 heteroatoms. The molecule has 2 saturated heterocycles. The van der Waals surface area contributed by atoms with Crippen LogP contribution in [0.2, 0.25) is 0 Å². The van der Waals surface area contributed by atoms with Gasteiger partial charge in [-0.1, -0.05) is 19.1 Å². The van der Waals surface area contributed by atoms with E-state index in [4.69, 9.17) is 4.98 Å². The summed E-state index contributed by atoms with van der Waals surface area (Å²) in [5.74, 6) is 2.43. The molecular weight excluding hydrogens is 479 g/mol. The van der Waals surface area contributed by atoms with Crippen LogP contribution in [0.1, 0.15) is 55.8 Å². The van der Waals surface area contributed by atoms with Crippen LogP contribution >= 0.6 is 6.89 Å². The molecule has 3 aromatic rings. The van der Waals surface area contributed by atoms with Crippen molar-refractivity contribution in [2.45, 2.75) is 51.1 Å². The second-order valence-corrected chi connectivity index (χ2v) is 15.6. The molecule has 6 rings (SSSR count). The van der Waals surface area contributed by atoms with Crippen LogP contribution in [0.3, 0.4) is 0 Å². The van der Waals surface area contributed by atoms with E-state index in [1.165, 1.54) is 18.7 Å². The molecule has 1 saturated carbocycles. The zero-order valence-corrected chi connectivity index (χ0v) is 22.5. The minimum atomic E-state index is -0.758. The van der Waals surface area contributed by atoms with Crippen molar-refractivity contribution in [3.63, 3.8) is 0 Å². The van der Waals surface area contributed by atoms with E-state index in [-0.39, 0.29) is 17.7 Å². The van der Waals surface area contributed by atoms with E-state index in [1.807, 2.05) is 42.5 Å². The molecule has 2 aromatic carbocycles. The van der Waals surface area contributed by atoms with Gasteiger partial charge in [0.15, 0.2) is 0 Å².